The predicted molar refractivity (Wildman–Crippen MR) is 129 cm³/mol. The highest BCUT2D eigenvalue weighted by Gasteiger charge is 2.58. The second-order valence-corrected chi connectivity index (χ2v) is 17.6. The summed E-state index contributed by atoms with van der Waals surface area (Å²) in [5.41, 5.74) is 2.04. The highest BCUT2D eigenvalue weighted by atomic mass is 28.4. The molecule has 0 aromatic heterocycles. The van der Waals surface area contributed by atoms with E-state index >= 15 is 0 Å². The number of allylic oxidation sites excluding steroid dienone is 3. The quantitative estimate of drug-likeness (QED) is 0.258. The van der Waals surface area contributed by atoms with Gasteiger partial charge in [-0.2, -0.15) is 0 Å². The lowest BCUT2D eigenvalue weighted by molar-refractivity contribution is -0.140. The molecule has 174 valence electrons. The lowest BCUT2D eigenvalue weighted by Crippen LogP contribution is -2.51. The van der Waals surface area contributed by atoms with Crippen molar-refractivity contribution in [3.05, 3.63) is 23.5 Å². The molecule has 0 aromatic rings. The van der Waals surface area contributed by atoms with Crippen molar-refractivity contribution in [3.8, 4) is 0 Å². The largest absolute Gasteiger partial charge is 0.431 e. The highest BCUT2D eigenvalue weighted by molar-refractivity contribution is 6.74. The molecule has 0 saturated heterocycles. The van der Waals surface area contributed by atoms with Gasteiger partial charge in [-0.25, -0.2) is 0 Å². The summed E-state index contributed by atoms with van der Waals surface area (Å²) in [5.74, 6) is 2.85. The molecule has 4 rings (SSSR count). The minimum absolute atomic E-state index is 0.0389. The van der Waals surface area contributed by atoms with Gasteiger partial charge in [-0.15, -0.1) is 0 Å². The summed E-state index contributed by atoms with van der Waals surface area (Å²) >= 11 is 0. The van der Waals surface area contributed by atoms with E-state index in [1.54, 1.807) is 5.57 Å². The van der Waals surface area contributed by atoms with Crippen LogP contribution in [0.1, 0.15) is 86.5 Å². The monoisotopic (exact) mass is 444 g/mol. The normalized spacial score (nSPS) is 40.3. The zero-order valence-electron chi connectivity index (χ0n) is 21.1. The summed E-state index contributed by atoms with van der Waals surface area (Å²) in [6.45, 7) is 18.2. The molecule has 2 fully saturated rings. The van der Waals surface area contributed by atoms with Crippen molar-refractivity contribution in [2.24, 2.45) is 28.6 Å². The van der Waals surface area contributed by atoms with Crippen LogP contribution in [0.25, 0.3) is 0 Å². The van der Waals surface area contributed by atoms with E-state index < -0.39 is 8.32 Å². The molecule has 0 bridgehead atoms. The van der Waals surface area contributed by atoms with Crippen LogP contribution in [0.5, 0.6) is 0 Å². The number of carbonyl (C=O) groups excluding carboxylic acids is 1. The average Bonchev–Trinajstić information content (AvgIpc) is 2.97. The van der Waals surface area contributed by atoms with Crippen molar-refractivity contribution < 1.29 is 14.0 Å². The molecule has 0 heterocycles. The molecule has 6 unspecified atom stereocenters. The first kappa shape index (κ1) is 23.3. The fourth-order valence-corrected chi connectivity index (χ4v) is 8.55. The molecular formula is C27H44O3Si. The van der Waals surface area contributed by atoms with E-state index in [2.05, 4.69) is 59.9 Å². The van der Waals surface area contributed by atoms with Crippen LogP contribution in [0.4, 0.5) is 0 Å². The standard InChI is InChI=1S/C27H44O3Si/c1-18(28)29-24-12-11-22-21-10-9-19-17-20(30-31(7,8)25(2,3)4)13-15-26(19,5)23(21)14-16-27(22,24)6/h9,12,20-23H,10-11,13-17H2,1-8H3. The third kappa shape index (κ3) is 3.80. The van der Waals surface area contributed by atoms with E-state index in [1.165, 1.54) is 32.6 Å². The maximum atomic E-state index is 11.6. The van der Waals surface area contributed by atoms with Crippen molar-refractivity contribution in [3.63, 3.8) is 0 Å². The number of esters is 1. The van der Waals surface area contributed by atoms with Gasteiger partial charge < -0.3 is 9.16 Å². The van der Waals surface area contributed by atoms with Crippen LogP contribution < -0.4 is 0 Å². The number of ether oxygens (including phenoxy) is 1. The van der Waals surface area contributed by atoms with Crippen molar-refractivity contribution in [2.45, 2.75) is 111 Å². The highest BCUT2D eigenvalue weighted by Crippen LogP contribution is 2.65. The van der Waals surface area contributed by atoms with Gasteiger partial charge in [-0.05, 0) is 92.3 Å². The summed E-state index contributed by atoms with van der Waals surface area (Å²) in [7, 11) is -1.73. The minimum Gasteiger partial charge on any atom is -0.431 e. The van der Waals surface area contributed by atoms with Crippen LogP contribution in [0.15, 0.2) is 23.5 Å². The van der Waals surface area contributed by atoms with Gasteiger partial charge >= 0.3 is 5.97 Å². The Hall–Kier alpha value is -0.873. The topological polar surface area (TPSA) is 35.5 Å². The van der Waals surface area contributed by atoms with Gasteiger partial charge in [0.05, 0.1) is 0 Å². The molecule has 3 nitrogen and oxygen atoms in total. The summed E-state index contributed by atoms with van der Waals surface area (Å²) in [6, 6.07) is 0. The van der Waals surface area contributed by atoms with Gasteiger partial charge in [0.15, 0.2) is 8.32 Å². The Morgan fingerprint density at radius 2 is 1.71 bits per heavy atom. The fraction of sp³-hybridized carbons (Fsp3) is 0.815. The zero-order chi connectivity index (χ0) is 22.8. The third-order valence-corrected chi connectivity index (χ3v) is 14.6. The Balaban J connectivity index is 1.52. The van der Waals surface area contributed by atoms with E-state index in [1.807, 2.05) is 0 Å². The van der Waals surface area contributed by atoms with Crippen LogP contribution >= 0.6 is 0 Å². The van der Waals surface area contributed by atoms with Crippen molar-refractivity contribution in [1.29, 1.82) is 0 Å². The van der Waals surface area contributed by atoms with Crippen LogP contribution in [-0.4, -0.2) is 20.4 Å². The molecule has 31 heavy (non-hydrogen) atoms. The first-order valence-electron chi connectivity index (χ1n) is 12.5. The number of hydrogen-bond donors (Lipinski definition) is 0. The Morgan fingerprint density at radius 3 is 2.35 bits per heavy atom. The summed E-state index contributed by atoms with van der Waals surface area (Å²) in [4.78, 5) is 11.6. The van der Waals surface area contributed by atoms with Gasteiger partial charge in [-0.1, -0.05) is 46.3 Å². The minimum atomic E-state index is -1.73. The van der Waals surface area contributed by atoms with Crippen LogP contribution in [0, 0.1) is 28.6 Å². The van der Waals surface area contributed by atoms with E-state index in [0.29, 0.717) is 23.4 Å². The summed E-state index contributed by atoms with van der Waals surface area (Å²) in [5, 5.41) is 0.267. The average molecular weight is 445 g/mol. The van der Waals surface area contributed by atoms with Gasteiger partial charge in [-0.3, -0.25) is 4.79 Å². The van der Waals surface area contributed by atoms with E-state index in [4.69, 9.17) is 9.16 Å². The third-order valence-electron chi connectivity index (χ3n) is 10.1. The molecule has 0 amide bonds. The van der Waals surface area contributed by atoms with Crippen LogP contribution in [0.2, 0.25) is 18.1 Å². The van der Waals surface area contributed by atoms with Gasteiger partial charge in [0, 0.05) is 18.4 Å². The molecule has 4 heteroatoms. The van der Waals surface area contributed by atoms with E-state index in [0.717, 1.165) is 30.9 Å². The molecule has 0 spiro atoms. The molecule has 0 radical (unpaired) electrons. The van der Waals surface area contributed by atoms with Crippen molar-refractivity contribution in [2.75, 3.05) is 0 Å². The molecule has 6 atom stereocenters. The zero-order valence-corrected chi connectivity index (χ0v) is 22.1. The number of carbonyl (C=O) groups is 1. The summed E-state index contributed by atoms with van der Waals surface area (Å²) in [6.07, 6.45) is 13.4. The Labute approximate surface area is 191 Å². The lowest BCUT2D eigenvalue weighted by Gasteiger charge is -2.58. The van der Waals surface area contributed by atoms with Crippen LogP contribution in [-0.2, 0) is 14.0 Å². The van der Waals surface area contributed by atoms with Gasteiger partial charge in [0.2, 0.25) is 0 Å². The second kappa shape index (κ2) is 7.58. The number of rotatable bonds is 3. The first-order chi connectivity index (χ1) is 14.3. The SMILES string of the molecule is CC(=O)OC1=CCC2C3CC=C4CC(O[Si](C)(C)C(C)(C)C)CCC4(C)C3CCC12C. The second-order valence-electron chi connectivity index (χ2n) is 12.9. The molecule has 4 aliphatic rings. The first-order valence-corrected chi connectivity index (χ1v) is 15.5. The molecule has 0 aromatic carbocycles. The van der Waals surface area contributed by atoms with E-state index in [-0.39, 0.29) is 16.4 Å². The number of fused-ring (bicyclic) bond motifs is 5. The molecule has 0 aliphatic heterocycles. The molecule has 0 N–H and O–H groups in total. The maximum Gasteiger partial charge on any atom is 0.307 e. The predicted octanol–water partition coefficient (Wildman–Crippen LogP) is 7.40. The van der Waals surface area contributed by atoms with Crippen molar-refractivity contribution in [1.82, 2.24) is 0 Å². The molecule has 4 aliphatic carbocycles. The van der Waals surface area contributed by atoms with E-state index in [9.17, 15) is 4.79 Å². The Morgan fingerprint density at radius 1 is 1.03 bits per heavy atom. The fourth-order valence-electron chi connectivity index (χ4n) is 7.16. The maximum absolute atomic E-state index is 11.6. The Kier molecular flexibility index (Phi) is 5.70. The smallest absolute Gasteiger partial charge is 0.307 e. The lowest BCUT2D eigenvalue weighted by atomic mass is 9.48. The molecular weight excluding hydrogens is 400 g/mol. The van der Waals surface area contributed by atoms with Gasteiger partial charge in [0.1, 0.15) is 5.76 Å². The summed E-state index contributed by atoms with van der Waals surface area (Å²) < 4.78 is 12.5. The van der Waals surface area contributed by atoms with Gasteiger partial charge in [0.25, 0.3) is 0 Å². The number of hydrogen-bond acceptors (Lipinski definition) is 3. The van der Waals surface area contributed by atoms with Crippen LogP contribution in [0.3, 0.4) is 0 Å². The Bertz CT molecular complexity index is 804. The van der Waals surface area contributed by atoms with Crippen molar-refractivity contribution >= 4 is 14.3 Å². The molecule has 2 saturated carbocycles.